The van der Waals surface area contributed by atoms with Crippen LogP contribution in [0.15, 0.2) is 24.3 Å². The minimum Gasteiger partial charge on any atom is -0.293 e. The molecule has 0 spiro atoms. The minimum atomic E-state index is -0.512. The van der Waals surface area contributed by atoms with Gasteiger partial charge in [0.1, 0.15) is 0 Å². The number of nitrogens with zero attached hydrogens (tertiary/aromatic N) is 1. The van der Waals surface area contributed by atoms with E-state index in [0.29, 0.717) is 5.56 Å². The van der Waals surface area contributed by atoms with Crippen LogP contribution >= 0.6 is 27.5 Å². The third-order valence-corrected chi connectivity index (χ3v) is 3.20. The predicted octanol–water partition coefficient (Wildman–Crippen LogP) is 2.78. The standard InChI is InChI=1S/C9H7BrClNO3/c10-8(5-11)9(13)6-1-3-7(4-2-6)12(14)15/h1-4,8H,5H2. The van der Waals surface area contributed by atoms with Crippen molar-refractivity contribution in [1.82, 2.24) is 0 Å². The molecule has 4 nitrogen and oxygen atoms in total. The van der Waals surface area contributed by atoms with E-state index in [2.05, 4.69) is 15.9 Å². The lowest BCUT2D eigenvalue weighted by molar-refractivity contribution is -0.384. The third kappa shape index (κ3) is 3.00. The zero-order valence-electron chi connectivity index (χ0n) is 7.52. The minimum absolute atomic E-state index is 0.0384. The molecule has 0 N–H and O–H groups in total. The molecule has 1 rings (SSSR count). The van der Waals surface area contributed by atoms with Crippen LogP contribution in [0.2, 0.25) is 0 Å². The first kappa shape index (κ1) is 12.1. The summed E-state index contributed by atoms with van der Waals surface area (Å²) in [6.07, 6.45) is 0. The molecule has 0 heterocycles. The molecule has 1 aromatic carbocycles. The molecule has 15 heavy (non-hydrogen) atoms. The van der Waals surface area contributed by atoms with E-state index in [1.165, 1.54) is 24.3 Å². The Balaban J connectivity index is 2.89. The summed E-state index contributed by atoms with van der Waals surface area (Å²) in [5.41, 5.74) is 0.367. The number of carbonyl (C=O) groups excluding carboxylic acids is 1. The van der Waals surface area contributed by atoms with E-state index in [9.17, 15) is 14.9 Å². The lowest BCUT2D eigenvalue weighted by Crippen LogP contribution is -2.15. The van der Waals surface area contributed by atoms with Crippen LogP contribution in [0.3, 0.4) is 0 Å². The number of halogens is 2. The number of benzene rings is 1. The number of hydrogen-bond acceptors (Lipinski definition) is 3. The summed E-state index contributed by atoms with van der Waals surface area (Å²) in [4.78, 5) is 20.9. The number of nitro benzene ring substituents is 1. The maximum atomic E-state index is 11.6. The van der Waals surface area contributed by atoms with Gasteiger partial charge < -0.3 is 0 Å². The monoisotopic (exact) mass is 291 g/mol. The van der Waals surface area contributed by atoms with E-state index in [0.717, 1.165) is 0 Å². The number of hydrogen-bond donors (Lipinski definition) is 0. The molecule has 1 atom stereocenters. The fourth-order valence-corrected chi connectivity index (χ4v) is 1.40. The van der Waals surface area contributed by atoms with Gasteiger partial charge in [0, 0.05) is 23.6 Å². The van der Waals surface area contributed by atoms with E-state index >= 15 is 0 Å². The lowest BCUT2D eigenvalue weighted by atomic mass is 10.1. The molecule has 0 aliphatic heterocycles. The highest BCUT2D eigenvalue weighted by Gasteiger charge is 2.16. The topological polar surface area (TPSA) is 60.2 Å². The quantitative estimate of drug-likeness (QED) is 0.371. The van der Waals surface area contributed by atoms with Crippen molar-refractivity contribution >= 4 is 39.0 Å². The normalized spacial score (nSPS) is 12.1. The van der Waals surface area contributed by atoms with Gasteiger partial charge in [0.2, 0.25) is 0 Å². The van der Waals surface area contributed by atoms with Gasteiger partial charge in [-0.25, -0.2) is 0 Å². The molecule has 80 valence electrons. The molecule has 1 unspecified atom stereocenters. The van der Waals surface area contributed by atoms with Crippen molar-refractivity contribution in [3.63, 3.8) is 0 Å². The summed E-state index contributed by atoms with van der Waals surface area (Å²) < 4.78 is 0. The van der Waals surface area contributed by atoms with Crippen LogP contribution in [0.25, 0.3) is 0 Å². The molecule has 0 radical (unpaired) electrons. The summed E-state index contributed by atoms with van der Waals surface area (Å²) in [5, 5.41) is 10.4. The van der Waals surface area contributed by atoms with Crippen LogP contribution in [0.5, 0.6) is 0 Å². The van der Waals surface area contributed by atoms with Gasteiger partial charge in [-0.1, -0.05) is 15.9 Å². The zero-order valence-corrected chi connectivity index (χ0v) is 9.86. The Bertz CT molecular complexity index is 379. The lowest BCUT2D eigenvalue weighted by Gasteiger charge is -2.03. The fourth-order valence-electron chi connectivity index (χ4n) is 0.998. The largest absolute Gasteiger partial charge is 0.293 e. The van der Waals surface area contributed by atoms with Gasteiger partial charge in [-0.2, -0.15) is 0 Å². The Morgan fingerprint density at radius 1 is 1.47 bits per heavy atom. The summed E-state index contributed by atoms with van der Waals surface area (Å²) in [7, 11) is 0. The smallest absolute Gasteiger partial charge is 0.269 e. The van der Waals surface area contributed by atoms with Gasteiger partial charge in [0.15, 0.2) is 5.78 Å². The molecule has 1 aromatic rings. The highest BCUT2D eigenvalue weighted by atomic mass is 79.9. The number of ketones is 1. The van der Waals surface area contributed by atoms with Crippen molar-refractivity contribution in [1.29, 1.82) is 0 Å². The molecule has 0 fully saturated rings. The first-order valence-corrected chi connectivity index (χ1v) is 5.50. The summed E-state index contributed by atoms with van der Waals surface area (Å²) >= 11 is 8.61. The average molecular weight is 293 g/mol. The Morgan fingerprint density at radius 2 is 2.00 bits per heavy atom. The summed E-state index contributed by atoms with van der Waals surface area (Å²) in [6.45, 7) is 0. The van der Waals surface area contributed by atoms with Crippen molar-refractivity contribution in [2.45, 2.75) is 4.83 Å². The number of non-ortho nitro benzene ring substituents is 1. The maximum Gasteiger partial charge on any atom is 0.269 e. The van der Waals surface area contributed by atoms with E-state index in [1.54, 1.807) is 0 Å². The molecular weight excluding hydrogens is 285 g/mol. The summed E-state index contributed by atoms with van der Waals surface area (Å²) in [5.74, 6) is -0.0181. The Morgan fingerprint density at radius 3 is 2.40 bits per heavy atom. The van der Waals surface area contributed by atoms with Gasteiger partial charge in [0.05, 0.1) is 9.75 Å². The first-order valence-electron chi connectivity index (χ1n) is 4.05. The Hall–Kier alpha value is -0.940. The maximum absolute atomic E-state index is 11.6. The summed E-state index contributed by atoms with van der Waals surface area (Å²) in [6, 6.07) is 5.42. The van der Waals surface area contributed by atoms with Gasteiger partial charge >= 0.3 is 0 Å². The van der Waals surface area contributed by atoms with Gasteiger partial charge in [-0.3, -0.25) is 14.9 Å². The molecule has 0 bridgehead atoms. The SMILES string of the molecule is O=C(c1ccc([N+](=O)[O-])cc1)C(Br)CCl. The van der Waals surface area contributed by atoms with Crippen LogP contribution < -0.4 is 0 Å². The molecule has 0 amide bonds. The Labute approximate surface area is 99.5 Å². The van der Waals surface area contributed by atoms with Gasteiger partial charge in [-0.05, 0) is 12.1 Å². The molecule has 0 aliphatic carbocycles. The van der Waals surface area contributed by atoms with Crippen molar-refractivity contribution in [3.8, 4) is 0 Å². The van der Waals surface area contributed by atoms with E-state index in [4.69, 9.17) is 11.6 Å². The molecule has 0 saturated heterocycles. The van der Waals surface area contributed by atoms with Crippen molar-refractivity contribution in [2.24, 2.45) is 0 Å². The number of alkyl halides is 2. The number of carbonyl (C=O) groups is 1. The Kier molecular flexibility index (Phi) is 4.23. The predicted molar refractivity (Wildman–Crippen MR) is 60.9 cm³/mol. The third-order valence-electron chi connectivity index (χ3n) is 1.78. The van der Waals surface area contributed by atoms with Crippen LogP contribution in [-0.4, -0.2) is 21.4 Å². The fraction of sp³-hybridized carbons (Fsp3) is 0.222. The molecule has 0 saturated carbocycles. The van der Waals surface area contributed by atoms with Crippen LogP contribution in [-0.2, 0) is 0 Å². The number of nitro groups is 1. The van der Waals surface area contributed by atoms with Crippen molar-refractivity contribution in [3.05, 3.63) is 39.9 Å². The second-order valence-electron chi connectivity index (χ2n) is 2.79. The highest BCUT2D eigenvalue weighted by Crippen LogP contribution is 2.16. The van der Waals surface area contributed by atoms with Gasteiger partial charge in [-0.15, -0.1) is 11.6 Å². The first-order chi connectivity index (χ1) is 7.06. The molecule has 0 aromatic heterocycles. The highest BCUT2D eigenvalue weighted by molar-refractivity contribution is 9.10. The van der Waals surface area contributed by atoms with Crippen LogP contribution in [0, 0.1) is 10.1 Å². The zero-order chi connectivity index (χ0) is 11.4. The van der Waals surface area contributed by atoms with Crippen molar-refractivity contribution < 1.29 is 9.72 Å². The molecule has 6 heteroatoms. The number of rotatable bonds is 4. The van der Waals surface area contributed by atoms with E-state index < -0.39 is 9.75 Å². The van der Waals surface area contributed by atoms with E-state index in [1.807, 2.05) is 0 Å². The van der Waals surface area contributed by atoms with Crippen LogP contribution in [0.1, 0.15) is 10.4 Å². The number of Topliss-reactive ketones (excluding diaryl/α,β-unsaturated/α-hetero) is 1. The second kappa shape index (κ2) is 5.23. The molecular formula is C9H7BrClNO3. The molecule has 0 aliphatic rings. The average Bonchev–Trinajstić information content (AvgIpc) is 2.27. The van der Waals surface area contributed by atoms with Crippen molar-refractivity contribution in [2.75, 3.05) is 5.88 Å². The van der Waals surface area contributed by atoms with Gasteiger partial charge in [0.25, 0.3) is 5.69 Å². The van der Waals surface area contributed by atoms with Crippen LogP contribution in [0.4, 0.5) is 5.69 Å². The second-order valence-corrected chi connectivity index (χ2v) is 4.20. The van der Waals surface area contributed by atoms with E-state index in [-0.39, 0.29) is 17.4 Å².